The molecule has 7 nitrogen and oxygen atoms in total. The molecule has 19 heavy (non-hydrogen) atoms. The first kappa shape index (κ1) is 14.9. The first-order valence-corrected chi connectivity index (χ1v) is 5.80. The number of oxime groups is 1. The van der Waals surface area contributed by atoms with Crippen LogP contribution in [-0.2, 0) is 11.3 Å². The van der Waals surface area contributed by atoms with Gasteiger partial charge in [-0.25, -0.2) is 0 Å². The first-order valence-electron chi connectivity index (χ1n) is 5.80. The SMILES string of the molecule is CC(C)(CNCc1ccnc(/C(N)=N/O)c1)C(N)=O. The van der Waals surface area contributed by atoms with Crippen LogP contribution in [0.5, 0.6) is 0 Å². The van der Waals surface area contributed by atoms with Crippen LogP contribution < -0.4 is 16.8 Å². The predicted molar refractivity (Wildman–Crippen MR) is 71.4 cm³/mol. The Balaban J connectivity index is 2.62. The average Bonchev–Trinajstić information content (AvgIpc) is 2.37. The van der Waals surface area contributed by atoms with E-state index in [1.807, 2.05) is 0 Å². The fourth-order valence-electron chi connectivity index (χ4n) is 1.38. The van der Waals surface area contributed by atoms with E-state index in [1.54, 1.807) is 32.2 Å². The zero-order chi connectivity index (χ0) is 14.5. The van der Waals surface area contributed by atoms with E-state index < -0.39 is 5.41 Å². The maximum absolute atomic E-state index is 11.2. The van der Waals surface area contributed by atoms with Crippen molar-refractivity contribution in [1.82, 2.24) is 10.3 Å². The monoisotopic (exact) mass is 265 g/mol. The summed E-state index contributed by atoms with van der Waals surface area (Å²) in [6.45, 7) is 4.54. The molecule has 0 aliphatic heterocycles. The van der Waals surface area contributed by atoms with Crippen molar-refractivity contribution in [3.63, 3.8) is 0 Å². The maximum atomic E-state index is 11.2. The number of nitrogens with two attached hydrogens (primary N) is 2. The van der Waals surface area contributed by atoms with Gasteiger partial charge in [0.25, 0.3) is 0 Å². The number of pyridine rings is 1. The third kappa shape index (κ3) is 4.22. The van der Waals surface area contributed by atoms with Crippen LogP contribution in [0.2, 0.25) is 0 Å². The summed E-state index contributed by atoms with van der Waals surface area (Å²) in [6, 6.07) is 3.51. The number of hydrogen-bond acceptors (Lipinski definition) is 5. The lowest BCUT2D eigenvalue weighted by Gasteiger charge is -2.20. The Morgan fingerprint density at radius 3 is 2.79 bits per heavy atom. The molecule has 0 aliphatic carbocycles. The van der Waals surface area contributed by atoms with E-state index in [0.29, 0.717) is 18.8 Å². The van der Waals surface area contributed by atoms with Gasteiger partial charge >= 0.3 is 0 Å². The van der Waals surface area contributed by atoms with Crippen molar-refractivity contribution in [1.29, 1.82) is 0 Å². The third-order valence-electron chi connectivity index (χ3n) is 2.76. The van der Waals surface area contributed by atoms with Crippen LogP contribution in [-0.4, -0.2) is 28.5 Å². The molecule has 1 heterocycles. The van der Waals surface area contributed by atoms with Crippen molar-refractivity contribution in [3.8, 4) is 0 Å². The van der Waals surface area contributed by atoms with Crippen LogP contribution in [0.4, 0.5) is 0 Å². The minimum absolute atomic E-state index is 0.0423. The van der Waals surface area contributed by atoms with Crippen LogP contribution in [0, 0.1) is 5.41 Å². The fourth-order valence-corrected chi connectivity index (χ4v) is 1.38. The number of hydrogen-bond donors (Lipinski definition) is 4. The molecule has 1 aromatic rings. The minimum atomic E-state index is -0.610. The summed E-state index contributed by atoms with van der Waals surface area (Å²) in [5.41, 5.74) is 11.4. The van der Waals surface area contributed by atoms with E-state index in [2.05, 4.69) is 15.5 Å². The van der Waals surface area contributed by atoms with Gasteiger partial charge in [0.15, 0.2) is 5.84 Å². The van der Waals surface area contributed by atoms with Crippen molar-refractivity contribution in [2.75, 3.05) is 6.54 Å². The molecule has 0 bridgehead atoms. The van der Waals surface area contributed by atoms with Gasteiger partial charge in [-0.1, -0.05) is 5.16 Å². The van der Waals surface area contributed by atoms with Gasteiger partial charge in [-0.15, -0.1) is 0 Å². The summed E-state index contributed by atoms with van der Waals surface area (Å²) < 4.78 is 0. The lowest BCUT2D eigenvalue weighted by molar-refractivity contribution is -0.125. The smallest absolute Gasteiger partial charge is 0.224 e. The van der Waals surface area contributed by atoms with E-state index in [1.165, 1.54) is 0 Å². The van der Waals surface area contributed by atoms with E-state index in [4.69, 9.17) is 16.7 Å². The second kappa shape index (κ2) is 6.14. The summed E-state index contributed by atoms with van der Waals surface area (Å²) in [6.07, 6.45) is 1.57. The molecule has 0 aliphatic rings. The van der Waals surface area contributed by atoms with Gasteiger partial charge in [-0.05, 0) is 31.5 Å². The number of nitrogens with zero attached hydrogens (tertiary/aromatic N) is 2. The zero-order valence-electron chi connectivity index (χ0n) is 11.1. The number of amides is 1. The lowest BCUT2D eigenvalue weighted by Crippen LogP contribution is -2.40. The minimum Gasteiger partial charge on any atom is -0.409 e. The number of nitrogens with one attached hydrogen (secondary N) is 1. The maximum Gasteiger partial charge on any atom is 0.224 e. The molecule has 1 rings (SSSR count). The van der Waals surface area contributed by atoms with Gasteiger partial charge in [0.2, 0.25) is 5.91 Å². The number of carbonyl (C=O) groups is 1. The number of aromatic nitrogens is 1. The van der Waals surface area contributed by atoms with E-state index in [-0.39, 0.29) is 11.7 Å². The van der Waals surface area contributed by atoms with Crippen LogP contribution in [0.3, 0.4) is 0 Å². The van der Waals surface area contributed by atoms with Crippen molar-refractivity contribution in [3.05, 3.63) is 29.6 Å². The molecule has 0 atom stereocenters. The largest absolute Gasteiger partial charge is 0.409 e. The average molecular weight is 265 g/mol. The van der Waals surface area contributed by atoms with Gasteiger partial charge in [-0.3, -0.25) is 9.78 Å². The Morgan fingerprint density at radius 1 is 1.53 bits per heavy atom. The molecule has 6 N–H and O–H groups in total. The summed E-state index contributed by atoms with van der Waals surface area (Å²) in [5.74, 6) is -0.397. The highest BCUT2D eigenvalue weighted by molar-refractivity contribution is 5.95. The zero-order valence-corrected chi connectivity index (χ0v) is 11.1. The van der Waals surface area contributed by atoms with Crippen LogP contribution in [0.25, 0.3) is 0 Å². The standard InChI is InChI=1S/C12H19N5O2/c1-12(2,11(14)18)7-15-6-8-3-4-16-9(5-8)10(13)17-19/h3-5,15,19H,6-7H2,1-2H3,(H2,13,17)(H2,14,18). The van der Waals surface area contributed by atoms with E-state index in [0.717, 1.165) is 5.56 Å². The summed E-state index contributed by atoms with van der Waals surface area (Å²) in [4.78, 5) is 15.1. The summed E-state index contributed by atoms with van der Waals surface area (Å²) in [5, 5.41) is 14.6. The molecule has 0 radical (unpaired) electrons. The molecule has 0 fully saturated rings. The first-order chi connectivity index (χ1) is 8.86. The fraction of sp³-hybridized carbons (Fsp3) is 0.417. The molecule has 0 unspecified atom stereocenters. The molecule has 104 valence electrons. The van der Waals surface area contributed by atoms with Crippen molar-refractivity contribution in [2.45, 2.75) is 20.4 Å². The normalized spacial score (nSPS) is 12.4. The predicted octanol–water partition coefficient (Wildman–Crippen LogP) is -0.223. The van der Waals surface area contributed by atoms with Crippen LogP contribution in [0.15, 0.2) is 23.5 Å². The third-order valence-corrected chi connectivity index (χ3v) is 2.76. The van der Waals surface area contributed by atoms with Crippen LogP contribution >= 0.6 is 0 Å². The lowest BCUT2D eigenvalue weighted by atomic mass is 9.93. The number of amidine groups is 1. The highest BCUT2D eigenvalue weighted by Crippen LogP contribution is 2.12. The molecule has 7 heteroatoms. The molecule has 0 spiro atoms. The van der Waals surface area contributed by atoms with E-state index in [9.17, 15) is 4.79 Å². The van der Waals surface area contributed by atoms with Gasteiger partial charge in [-0.2, -0.15) is 0 Å². The van der Waals surface area contributed by atoms with Gasteiger partial charge in [0, 0.05) is 19.3 Å². The number of carbonyl (C=O) groups excluding carboxylic acids is 1. The topological polar surface area (TPSA) is 127 Å². The molecular weight excluding hydrogens is 246 g/mol. The molecule has 1 amide bonds. The molecule has 0 saturated carbocycles. The van der Waals surface area contributed by atoms with Crippen LogP contribution in [0.1, 0.15) is 25.1 Å². The molecule has 1 aromatic heterocycles. The van der Waals surface area contributed by atoms with Gasteiger partial charge < -0.3 is 22.0 Å². The molecule has 0 saturated heterocycles. The second-order valence-electron chi connectivity index (χ2n) is 4.89. The van der Waals surface area contributed by atoms with E-state index >= 15 is 0 Å². The van der Waals surface area contributed by atoms with Gasteiger partial charge in [0.05, 0.1) is 5.41 Å². The molecule has 0 aromatic carbocycles. The summed E-state index contributed by atoms with van der Waals surface area (Å²) >= 11 is 0. The Kier molecular flexibility index (Phi) is 4.82. The number of rotatable bonds is 6. The quantitative estimate of drug-likeness (QED) is 0.245. The number of primary amides is 1. The van der Waals surface area contributed by atoms with Crippen molar-refractivity contribution < 1.29 is 10.0 Å². The van der Waals surface area contributed by atoms with Crippen molar-refractivity contribution in [2.24, 2.45) is 22.0 Å². The Hall–Kier alpha value is -2.15. The highest BCUT2D eigenvalue weighted by atomic mass is 16.4. The second-order valence-corrected chi connectivity index (χ2v) is 4.89. The molecular formula is C12H19N5O2. The highest BCUT2D eigenvalue weighted by Gasteiger charge is 2.23. The van der Waals surface area contributed by atoms with Gasteiger partial charge in [0.1, 0.15) is 5.69 Å². The summed E-state index contributed by atoms with van der Waals surface area (Å²) in [7, 11) is 0. The Bertz CT molecular complexity index is 485. The Labute approximate surface area is 111 Å². The Morgan fingerprint density at radius 2 is 2.21 bits per heavy atom. The van der Waals surface area contributed by atoms with Crippen molar-refractivity contribution >= 4 is 11.7 Å².